The minimum absolute atomic E-state index is 0.0546. The molecule has 2 aliphatic rings. The molecule has 204 valence electrons. The Morgan fingerprint density at radius 3 is 2.67 bits per heavy atom. The molecule has 0 atom stereocenters. The summed E-state index contributed by atoms with van der Waals surface area (Å²) in [5, 5.41) is 0.736. The zero-order chi connectivity index (χ0) is 27.9. The molecule has 0 fully saturated rings. The largest absolute Gasteiger partial charge is 0.457 e. The van der Waals surface area contributed by atoms with E-state index in [0.29, 0.717) is 28.8 Å². The molecule has 0 N–H and O–H groups in total. The van der Waals surface area contributed by atoms with E-state index < -0.39 is 16.0 Å². The van der Waals surface area contributed by atoms with Crippen molar-refractivity contribution >= 4 is 38.5 Å². The number of carbonyl (C=O) groups excluding carboxylic acids is 1. The van der Waals surface area contributed by atoms with Crippen LogP contribution < -0.4 is 9.47 Å². The number of para-hydroxylation sites is 1. The van der Waals surface area contributed by atoms with Gasteiger partial charge in [-0.3, -0.25) is 0 Å². The topological polar surface area (TPSA) is 95.0 Å². The number of fused-ring (bicyclic) bond motifs is 3. The van der Waals surface area contributed by atoms with E-state index in [1.807, 2.05) is 42.5 Å². The Bertz CT molecular complexity index is 1780. The Morgan fingerprint density at radius 1 is 1.00 bits per heavy atom. The number of rotatable bonds is 6. The predicted molar refractivity (Wildman–Crippen MR) is 152 cm³/mol. The van der Waals surface area contributed by atoms with Crippen LogP contribution in [0.5, 0.6) is 11.5 Å². The van der Waals surface area contributed by atoms with Gasteiger partial charge in [0.2, 0.25) is 16.8 Å². The highest BCUT2D eigenvalue weighted by atomic mass is 32.2. The second-order valence-electron chi connectivity index (χ2n) is 9.98. The normalized spacial score (nSPS) is 15.4. The summed E-state index contributed by atoms with van der Waals surface area (Å²) in [6.07, 6.45) is 4.49. The summed E-state index contributed by atoms with van der Waals surface area (Å²) in [7, 11) is -0.641. The van der Waals surface area contributed by atoms with Crippen molar-refractivity contribution in [2.24, 2.45) is 0 Å². The Balaban J connectivity index is 1.35. The van der Waals surface area contributed by atoms with Crippen molar-refractivity contribution in [3.63, 3.8) is 0 Å². The van der Waals surface area contributed by atoms with E-state index in [0.717, 1.165) is 50.7 Å². The number of benzene rings is 3. The lowest BCUT2D eigenvalue weighted by Gasteiger charge is -2.22. The van der Waals surface area contributed by atoms with Crippen LogP contribution in [0, 0.1) is 0 Å². The first-order chi connectivity index (χ1) is 19.3. The molecule has 0 saturated carbocycles. The number of pyridine rings is 1. The van der Waals surface area contributed by atoms with Crippen LogP contribution in [-0.2, 0) is 27.8 Å². The molecule has 1 aromatic heterocycles. The smallest absolute Gasteiger partial charge is 0.339 e. The number of hydrogen-bond acceptors (Lipinski definition) is 7. The van der Waals surface area contributed by atoms with Crippen molar-refractivity contribution in [1.82, 2.24) is 9.29 Å². The van der Waals surface area contributed by atoms with Gasteiger partial charge in [0, 0.05) is 19.5 Å². The molecule has 1 aliphatic carbocycles. The number of carbonyl (C=O) groups is 1. The molecule has 9 heteroatoms. The van der Waals surface area contributed by atoms with Crippen LogP contribution in [-0.4, -0.2) is 44.6 Å². The maximum absolute atomic E-state index is 13.7. The zero-order valence-corrected chi connectivity index (χ0v) is 23.0. The highest BCUT2D eigenvalue weighted by Crippen LogP contribution is 2.38. The Kier molecular flexibility index (Phi) is 6.77. The minimum atomic E-state index is -3.60. The fourth-order valence-electron chi connectivity index (χ4n) is 5.14. The summed E-state index contributed by atoms with van der Waals surface area (Å²) in [5.74, 6) is 0.980. The van der Waals surface area contributed by atoms with Crippen LogP contribution in [0.4, 0.5) is 0 Å². The number of sulfonamides is 1. The molecule has 0 saturated heterocycles. The molecule has 0 amide bonds. The van der Waals surface area contributed by atoms with E-state index >= 15 is 0 Å². The standard InChI is InChI=1S/C31H28N2O6S/c1-33(2)40(35,36)23-9-5-7-21(16-23)18-37-31(34)29-24-10-3-4-12-26(24)32-30-22(8-6-11-25(29)30)15-20-13-14-27-28(17-20)39-19-38-27/h3-5,7,9-10,12-17H,6,8,11,18-19H2,1-2H3/b22-15+. The van der Waals surface area contributed by atoms with E-state index in [1.54, 1.807) is 12.1 Å². The molecule has 0 bridgehead atoms. The SMILES string of the molecule is CN(C)S(=O)(=O)c1cccc(COC(=O)c2c3c(nc4ccccc24)/C(=C/c2ccc4c(c2)OCO4)CCC3)c1. The first-order valence-corrected chi connectivity index (χ1v) is 14.5. The highest BCUT2D eigenvalue weighted by Gasteiger charge is 2.26. The number of aromatic nitrogens is 1. The van der Waals surface area contributed by atoms with E-state index in [2.05, 4.69) is 6.08 Å². The van der Waals surface area contributed by atoms with Crippen molar-refractivity contribution in [3.05, 3.63) is 94.7 Å². The first-order valence-electron chi connectivity index (χ1n) is 13.0. The monoisotopic (exact) mass is 556 g/mol. The van der Waals surface area contributed by atoms with Crippen molar-refractivity contribution < 1.29 is 27.4 Å². The van der Waals surface area contributed by atoms with Crippen molar-refractivity contribution in [2.45, 2.75) is 30.8 Å². The van der Waals surface area contributed by atoms with Crippen LogP contribution in [0.15, 0.2) is 71.6 Å². The molecule has 0 unspecified atom stereocenters. The third-order valence-corrected chi connectivity index (χ3v) is 8.97. The third-order valence-electron chi connectivity index (χ3n) is 7.16. The number of nitrogens with zero attached hydrogens (tertiary/aromatic N) is 2. The summed E-state index contributed by atoms with van der Waals surface area (Å²) < 4.78 is 43.1. The summed E-state index contributed by atoms with van der Waals surface area (Å²) in [6.45, 7) is 0.161. The van der Waals surface area contributed by atoms with Gasteiger partial charge in [0.25, 0.3) is 0 Å². The molecule has 1 aliphatic heterocycles. The van der Waals surface area contributed by atoms with E-state index in [-0.39, 0.29) is 18.3 Å². The van der Waals surface area contributed by atoms with Crippen molar-refractivity contribution in [3.8, 4) is 11.5 Å². The van der Waals surface area contributed by atoms with Gasteiger partial charge < -0.3 is 14.2 Å². The van der Waals surface area contributed by atoms with Crippen LogP contribution in [0.3, 0.4) is 0 Å². The van der Waals surface area contributed by atoms with Gasteiger partial charge in [-0.1, -0.05) is 36.4 Å². The van der Waals surface area contributed by atoms with Crippen molar-refractivity contribution in [2.75, 3.05) is 20.9 Å². The number of ether oxygens (including phenoxy) is 3. The maximum Gasteiger partial charge on any atom is 0.339 e. The third kappa shape index (κ3) is 4.82. The summed E-state index contributed by atoms with van der Waals surface area (Å²) >= 11 is 0. The van der Waals surface area contributed by atoms with Gasteiger partial charge in [-0.25, -0.2) is 22.5 Å². The van der Waals surface area contributed by atoms with E-state index in [9.17, 15) is 13.2 Å². The Morgan fingerprint density at radius 2 is 1.82 bits per heavy atom. The molecule has 0 radical (unpaired) electrons. The molecule has 40 heavy (non-hydrogen) atoms. The predicted octanol–water partition coefficient (Wildman–Crippen LogP) is 5.45. The van der Waals surface area contributed by atoms with Crippen molar-refractivity contribution in [1.29, 1.82) is 0 Å². The molecule has 0 spiro atoms. The second-order valence-corrected chi connectivity index (χ2v) is 12.1. The van der Waals surface area contributed by atoms with Crippen LogP contribution in [0.2, 0.25) is 0 Å². The molecule has 2 heterocycles. The maximum atomic E-state index is 13.7. The average molecular weight is 557 g/mol. The van der Waals surface area contributed by atoms with Gasteiger partial charge in [-0.15, -0.1) is 0 Å². The van der Waals surface area contributed by atoms with Gasteiger partial charge in [0.05, 0.1) is 21.7 Å². The molecule has 3 aromatic carbocycles. The van der Waals surface area contributed by atoms with E-state index in [4.69, 9.17) is 19.2 Å². The number of hydrogen-bond donors (Lipinski definition) is 0. The molecule has 6 rings (SSSR count). The van der Waals surface area contributed by atoms with Crippen LogP contribution >= 0.6 is 0 Å². The molecular weight excluding hydrogens is 528 g/mol. The fraction of sp³-hybridized carbons (Fsp3) is 0.226. The minimum Gasteiger partial charge on any atom is -0.457 e. The summed E-state index contributed by atoms with van der Waals surface area (Å²) in [5.41, 5.74) is 5.49. The first kappa shape index (κ1) is 26.0. The van der Waals surface area contributed by atoms with Gasteiger partial charge in [-0.2, -0.15) is 0 Å². The van der Waals surface area contributed by atoms with Crippen LogP contribution in [0.1, 0.15) is 45.6 Å². The summed E-state index contributed by atoms with van der Waals surface area (Å²) in [4.78, 5) is 18.8. The molecule has 8 nitrogen and oxygen atoms in total. The van der Waals surface area contributed by atoms with Gasteiger partial charge >= 0.3 is 5.97 Å². The lowest BCUT2D eigenvalue weighted by atomic mass is 9.86. The van der Waals surface area contributed by atoms with Gasteiger partial charge in [0.15, 0.2) is 11.5 Å². The number of esters is 1. The average Bonchev–Trinajstić information content (AvgIpc) is 3.43. The van der Waals surface area contributed by atoms with Gasteiger partial charge in [-0.05, 0) is 77.9 Å². The lowest BCUT2D eigenvalue weighted by Crippen LogP contribution is -2.22. The van der Waals surface area contributed by atoms with Gasteiger partial charge in [0.1, 0.15) is 6.61 Å². The number of allylic oxidation sites excluding steroid dienone is 1. The highest BCUT2D eigenvalue weighted by molar-refractivity contribution is 7.89. The second kappa shape index (κ2) is 10.4. The fourth-order valence-corrected chi connectivity index (χ4v) is 6.11. The molecular formula is C31H28N2O6S. The Hall–Kier alpha value is -4.21. The summed E-state index contributed by atoms with van der Waals surface area (Å²) in [6, 6.07) is 19.9. The van der Waals surface area contributed by atoms with E-state index in [1.165, 1.54) is 26.2 Å². The zero-order valence-electron chi connectivity index (χ0n) is 22.2. The lowest BCUT2D eigenvalue weighted by molar-refractivity contribution is 0.0473. The molecule has 4 aromatic rings. The quantitative estimate of drug-likeness (QED) is 0.292. The Labute approximate surface area is 232 Å². The van der Waals surface area contributed by atoms with Crippen LogP contribution in [0.25, 0.3) is 22.6 Å².